The number of hydrogen-bond acceptors (Lipinski definition) is 4. The van der Waals surface area contributed by atoms with E-state index in [-0.39, 0.29) is 5.78 Å². The molecule has 2 heterocycles. The van der Waals surface area contributed by atoms with Gasteiger partial charge in [0.2, 0.25) is 0 Å². The summed E-state index contributed by atoms with van der Waals surface area (Å²) in [5.41, 5.74) is 2.37. The van der Waals surface area contributed by atoms with E-state index in [0.717, 1.165) is 31.0 Å². The average molecular weight is 296 g/mol. The predicted octanol–water partition coefficient (Wildman–Crippen LogP) is 2.71. The number of nitrogens with zero attached hydrogens (tertiary/aromatic N) is 2. The van der Waals surface area contributed by atoms with Gasteiger partial charge in [-0.2, -0.15) is 0 Å². The van der Waals surface area contributed by atoms with Crippen LogP contribution in [0.3, 0.4) is 0 Å². The van der Waals surface area contributed by atoms with E-state index in [2.05, 4.69) is 16.8 Å². The topological polar surface area (TPSA) is 42.4 Å². The lowest BCUT2D eigenvalue weighted by Gasteiger charge is -2.28. The Kier molecular flexibility index (Phi) is 4.49. The minimum Gasteiger partial charge on any atom is -0.378 e. The smallest absolute Gasteiger partial charge is 0.193 e. The summed E-state index contributed by atoms with van der Waals surface area (Å²) in [6.45, 7) is 5.11. The van der Waals surface area contributed by atoms with Crippen molar-refractivity contribution < 1.29 is 9.53 Å². The van der Waals surface area contributed by atoms with E-state index in [1.165, 1.54) is 0 Å². The highest BCUT2D eigenvalue weighted by atomic mass is 16.5. The van der Waals surface area contributed by atoms with E-state index >= 15 is 0 Å². The van der Waals surface area contributed by atoms with Crippen molar-refractivity contribution in [3.8, 4) is 0 Å². The van der Waals surface area contributed by atoms with Crippen molar-refractivity contribution in [1.29, 1.82) is 0 Å². The maximum absolute atomic E-state index is 12.7. The van der Waals surface area contributed by atoms with Crippen LogP contribution in [0.4, 0.5) is 5.82 Å². The van der Waals surface area contributed by atoms with Crippen LogP contribution in [0.2, 0.25) is 0 Å². The zero-order valence-corrected chi connectivity index (χ0v) is 12.8. The zero-order chi connectivity index (χ0) is 15.4. The lowest BCUT2D eigenvalue weighted by molar-refractivity contribution is 0.103. The number of carbonyl (C=O) groups excluding carboxylic acids is 1. The largest absolute Gasteiger partial charge is 0.378 e. The molecule has 1 saturated heterocycles. The number of carbonyl (C=O) groups is 1. The molecule has 1 aromatic heterocycles. The number of ketones is 1. The lowest BCUT2D eigenvalue weighted by atomic mass is 10.0. The molecule has 1 aromatic carbocycles. The van der Waals surface area contributed by atoms with Gasteiger partial charge in [-0.05, 0) is 18.6 Å². The predicted molar refractivity (Wildman–Crippen MR) is 86.5 cm³/mol. The number of anilines is 1. The van der Waals surface area contributed by atoms with Gasteiger partial charge in [-0.15, -0.1) is 0 Å². The number of morpholine rings is 1. The van der Waals surface area contributed by atoms with Crippen molar-refractivity contribution in [3.05, 3.63) is 59.3 Å². The Labute approximate surface area is 130 Å². The van der Waals surface area contributed by atoms with E-state index in [9.17, 15) is 4.79 Å². The van der Waals surface area contributed by atoms with Gasteiger partial charge in [0.1, 0.15) is 5.82 Å². The maximum Gasteiger partial charge on any atom is 0.193 e. The SMILES string of the molecule is CCc1cc(C(=O)c2ccccc2)cc(N2CCOCC2)n1. The molecule has 0 unspecified atom stereocenters. The summed E-state index contributed by atoms with van der Waals surface area (Å²) in [7, 11) is 0. The molecule has 4 heteroatoms. The Morgan fingerprint density at radius 2 is 1.86 bits per heavy atom. The molecule has 3 rings (SSSR count). The van der Waals surface area contributed by atoms with Gasteiger partial charge in [-0.3, -0.25) is 4.79 Å². The summed E-state index contributed by atoms with van der Waals surface area (Å²) in [6, 6.07) is 13.2. The van der Waals surface area contributed by atoms with Crippen LogP contribution in [0.5, 0.6) is 0 Å². The first-order valence-corrected chi connectivity index (χ1v) is 7.71. The van der Waals surface area contributed by atoms with Crippen molar-refractivity contribution in [2.24, 2.45) is 0 Å². The van der Waals surface area contributed by atoms with Gasteiger partial charge >= 0.3 is 0 Å². The summed E-state index contributed by atoms with van der Waals surface area (Å²) >= 11 is 0. The first-order chi connectivity index (χ1) is 10.8. The average Bonchev–Trinajstić information content (AvgIpc) is 2.62. The van der Waals surface area contributed by atoms with Crippen LogP contribution in [0.15, 0.2) is 42.5 Å². The summed E-state index contributed by atoms with van der Waals surface area (Å²) in [4.78, 5) is 19.5. The maximum atomic E-state index is 12.7. The fraction of sp³-hybridized carbons (Fsp3) is 0.333. The Bertz CT molecular complexity index is 649. The Morgan fingerprint density at radius 3 is 2.55 bits per heavy atom. The molecule has 1 fully saturated rings. The van der Waals surface area contributed by atoms with Crippen molar-refractivity contribution in [3.63, 3.8) is 0 Å². The number of rotatable bonds is 4. The van der Waals surface area contributed by atoms with Gasteiger partial charge in [0, 0.05) is 29.9 Å². The first kappa shape index (κ1) is 14.7. The van der Waals surface area contributed by atoms with Gasteiger partial charge in [0.15, 0.2) is 5.78 Å². The highest BCUT2D eigenvalue weighted by Gasteiger charge is 2.17. The van der Waals surface area contributed by atoms with Crippen LogP contribution in [-0.4, -0.2) is 37.1 Å². The van der Waals surface area contributed by atoms with Crippen LogP contribution in [0, 0.1) is 0 Å². The van der Waals surface area contributed by atoms with Gasteiger partial charge in [-0.1, -0.05) is 37.3 Å². The highest BCUT2D eigenvalue weighted by Crippen LogP contribution is 2.19. The van der Waals surface area contributed by atoms with Crippen molar-refractivity contribution in [2.75, 3.05) is 31.2 Å². The molecule has 1 aliphatic rings. The van der Waals surface area contributed by atoms with Crippen LogP contribution in [0.25, 0.3) is 0 Å². The molecular formula is C18H20N2O2. The molecule has 0 aliphatic carbocycles. The lowest BCUT2D eigenvalue weighted by Crippen LogP contribution is -2.37. The van der Waals surface area contributed by atoms with Crippen LogP contribution in [0.1, 0.15) is 28.5 Å². The summed E-state index contributed by atoms with van der Waals surface area (Å²) < 4.78 is 5.39. The number of aryl methyl sites for hydroxylation is 1. The van der Waals surface area contributed by atoms with Crippen LogP contribution >= 0.6 is 0 Å². The summed E-state index contributed by atoms with van der Waals surface area (Å²) in [6.07, 6.45) is 0.813. The van der Waals surface area contributed by atoms with Crippen LogP contribution < -0.4 is 4.90 Å². The standard InChI is InChI=1S/C18H20N2O2/c1-2-16-12-15(18(21)14-6-4-3-5-7-14)13-17(19-16)20-8-10-22-11-9-20/h3-7,12-13H,2,8-11H2,1H3. The first-order valence-electron chi connectivity index (χ1n) is 7.71. The Balaban J connectivity index is 1.95. The Morgan fingerprint density at radius 1 is 1.14 bits per heavy atom. The van der Waals surface area contributed by atoms with E-state index in [1.807, 2.05) is 42.5 Å². The van der Waals surface area contributed by atoms with Gasteiger partial charge < -0.3 is 9.64 Å². The number of aromatic nitrogens is 1. The number of benzene rings is 1. The minimum absolute atomic E-state index is 0.0483. The number of pyridine rings is 1. The second kappa shape index (κ2) is 6.71. The highest BCUT2D eigenvalue weighted by molar-refractivity contribution is 6.09. The fourth-order valence-corrected chi connectivity index (χ4v) is 2.59. The normalized spacial score (nSPS) is 14.9. The molecule has 114 valence electrons. The van der Waals surface area contributed by atoms with E-state index in [4.69, 9.17) is 4.74 Å². The molecule has 1 aliphatic heterocycles. The Hall–Kier alpha value is -2.20. The van der Waals surface area contributed by atoms with Crippen LogP contribution in [-0.2, 0) is 11.2 Å². The molecule has 0 atom stereocenters. The molecule has 0 saturated carbocycles. The molecular weight excluding hydrogens is 276 g/mol. The summed E-state index contributed by atoms with van der Waals surface area (Å²) in [5.74, 6) is 0.925. The van der Waals surface area contributed by atoms with E-state index in [1.54, 1.807) is 0 Å². The third kappa shape index (κ3) is 3.17. The minimum atomic E-state index is 0.0483. The van der Waals surface area contributed by atoms with Crippen molar-refractivity contribution in [1.82, 2.24) is 4.98 Å². The van der Waals surface area contributed by atoms with Gasteiger partial charge in [-0.25, -0.2) is 4.98 Å². The molecule has 0 bridgehead atoms. The third-order valence-corrected chi connectivity index (χ3v) is 3.86. The van der Waals surface area contributed by atoms with E-state index in [0.29, 0.717) is 24.3 Å². The molecule has 0 amide bonds. The second-order valence-corrected chi connectivity index (χ2v) is 5.35. The molecule has 0 radical (unpaired) electrons. The third-order valence-electron chi connectivity index (χ3n) is 3.86. The molecule has 2 aromatic rings. The molecule has 22 heavy (non-hydrogen) atoms. The quantitative estimate of drug-likeness (QED) is 0.814. The zero-order valence-electron chi connectivity index (χ0n) is 12.8. The monoisotopic (exact) mass is 296 g/mol. The van der Waals surface area contributed by atoms with E-state index < -0.39 is 0 Å². The second-order valence-electron chi connectivity index (χ2n) is 5.35. The van der Waals surface area contributed by atoms with Gasteiger partial charge in [0.05, 0.1) is 13.2 Å². The van der Waals surface area contributed by atoms with Crippen molar-refractivity contribution >= 4 is 11.6 Å². The molecule has 4 nitrogen and oxygen atoms in total. The molecule has 0 spiro atoms. The number of ether oxygens (including phenoxy) is 1. The molecule has 0 N–H and O–H groups in total. The fourth-order valence-electron chi connectivity index (χ4n) is 2.59. The summed E-state index contributed by atoms with van der Waals surface area (Å²) in [5, 5.41) is 0. The number of hydrogen-bond donors (Lipinski definition) is 0. The van der Waals surface area contributed by atoms with Crippen molar-refractivity contribution in [2.45, 2.75) is 13.3 Å². The van der Waals surface area contributed by atoms with Gasteiger partial charge in [0.25, 0.3) is 0 Å².